The number of benzene rings is 4. The summed E-state index contributed by atoms with van der Waals surface area (Å²) < 4.78 is 13.6. The van der Waals surface area contributed by atoms with Gasteiger partial charge in [0, 0.05) is 0 Å². The normalized spacial score (nSPS) is 13.2. The van der Waals surface area contributed by atoms with E-state index in [1.807, 2.05) is 6.07 Å². The summed E-state index contributed by atoms with van der Waals surface area (Å²) in [6.45, 7) is 6.63. The molecule has 0 heterocycles. The van der Waals surface area contributed by atoms with Gasteiger partial charge in [0.15, 0.2) is 0 Å². The van der Waals surface area contributed by atoms with E-state index in [-0.39, 0.29) is 5.82 Å². The van der Waals surface area contributed by atoms with Crippen LogP contribution in [0.2, 0.25) is 0 Å². The van der Waals surface area contributed by atoms with E-state index in [2.05, 4.69) is 69.3 Å². The number of aryl methyl sites for hydroxylation is 1. The van der Waals surface area contributed by atoms with Crippen molar-refractivity contribution in [2.24, 2.45) is 5.92 Å². The van der Waals surface area contributed by atoms with Crippen molar-refractivity contribution < 1.29 is 4.39 Å². The van der Waals surface area contributed by atoms with Crippen molar-refractivity contribution in [3.63, 3.8) is 0 Å². The molecule has 4 aromatic carbocycles. The van der Waals surface area contributed by atoms with Crippen LogP contribution < -0.4 is 0 Å². The van der Waals surface area contributed by atoms with Crippen molar-refractivity contribution in [3.05, 3.63) is 77.6 Å². The van der Waals surface area contributed by atoms with Gasteiger partial charge in [-0.2, -0.15) is 0 Å². The third kappa shape index (κ3) is 2.88. The Hall–Kier alpha value is -2.67. The molecule has 0 fully saturated rings. The molecule has 0 aromatic heterocycles. The lowest BCUT2D eigenvalue weighted by atomic mass is 9.93. The summed E-state index contributed by atoms with van der Waals surface area (Å²) in [4.78, 5) is 0. The standard InChI is InChI=1S/C25H23F/c1-4-16(2)5-10-22-17(3)6-11-24-23(22)12-8-19-13-20-14-21(26)9-7-18(20)15-25(19)24/h5-16H,4H2,1-3H3/b10-5-. The highest BCUT2D eigenvalue weighted by Gasteiger charge is 2.08. The van der Waals surface area contributed by atoms with E-state index in [1.165, 1.54) is 33.4 Å². The number of allylic oxidation sites excluding steroid dienone is 1. The van der Waals surface area contributed by atoms with Crippen LogP contribution in [0.15, 0.2) is 60.7 Å². The molecule has 0 aliphatic rings. The zero-order chi connectivity index (χ0) is 18.3. The maximum absolute atomic E-state index is 13.6. The van der Waals surface area contributed by atoms with E-state index >= 15 is 0 Å². The Morgan fingerprint density at radius 1 is 0.846 bits per heavy atom. The molecule has 1 heteroatoms. The molecule has 0 radical (unpaired) electrons. The maximum atomic E-state index is 13.6. The van der Waals surface area contributed by atoms with Crippen molar-refractivity contribution in [2.45, 2.75) is 27.2 Å². The van der Waals surface area contributed by atoms with Crippen LogP contribution in [-0.4, -0.2) is 0 Å². The van der Waals surface area contributed by atoms with Crippen molar-refractivity contribution in [1.82, 2.24) is 0 Å². The lowest BCUT2D eigenvalue weighted by molar-refractivity contribution is 0.630. The van der Waals surface area contributed by atoms with E-state index in [0.29, 0.717) is 5.92 Å². The Morgan fingerprint density at radius 2 is 1.62 bits per heavy atom. The van der Waals surface area contributed by atoms with E-state index < -0.39 is 0 Å². The van der Waals surface area contributed by atoms with Crippen LogP contribution in [0.5, 0.6) is 0 Å². The summed E-state index contributed by atoms with van der Waals surface area (Å²) in [7, 11) is 0. The van der Waals surface area contributed by atoms with Crippen molar-refractivity contribution >= 4 is 38.4 Å². The van der Waals surface area contributed by atoms with Gasteiger partial charge in [0.1, 0.15) is 5.82 Å². The van der Waals surface area contributed by atoms with Gasteiger partial charge >= 0.3 is 0 Å². The minimum absolute atomic E-state index is 0.189. The highest BCUT2D eigenvalue weighted by Crippen LogP contribution is 2.33. The van der Waals surface area contributed by atoms with Crippen molar-refractivity contribution in [2.75, 3.05) is 0 Å². The summed E-state index contributed by atoms with van der Waals surface area (Å²) in [5.41, 5.74) is 2.59. The molecule has 0 spiro atoms. The van der Waals surface area contributed by atoms with Crippen LogP contribution in [-0.2, 0) is 0 Å². The second-order valence-corrected chi connectivity index (χ2v) is 7.27. The number of fused-ring (bicyclic) bond motifs is 4. The zero-order valence-corrected chi connectivity index (χ0v) is 15.5. The molecule has 0 bridgehead atoms. The van der Waals surface area contributed by atoms with Crippen LogP contribution in [0.3, 0.4) is 0 Å². The summed E-state index contributed by atoms with van der Waals surface area (Å²) in [6.07, 6.45) is 5.72. The molecule has 26 heavy (non-hydrogen) atoms. The van der Waals surface area contributed by atoms with Gasteiger partial charge in [-0.1, -0.05) is 62.8 Å². The first kappa shape index (κ1) is 16.8. The molecule has 0 amide bonds. The van der Waals surface area contributed by atoms with Crippen LogP contribution in [0, 0.1) is 18.7 Å². The predicted octanol–water partition coefficient (Wildman–Crippen LogP) is 7.65. The first-order chi connectivity index (χ1) is 12.6. The average molecular weight is 342 g/mol. The summed E-state index contributed by atoms with van der Waals surface area (Å²) in [6, 6.07) is 18.0. The maximum Gasteiger partial charge on any atom is 0.123 e. The molecule has 0 aliphatic carbocycles. The van der Waals surface area contributed by atoms with E-state index in [9.17, 15) is 4.39 Å². The van der Waals surface area contributed by atoms with Crippen molar-refractivity contribution in [3.8, 4) is 0 Å². The monoisotopic (exact) mass is 342 g/mol. The van der Waals surface area contributed by atoms with Crippen LogP contribution in [0.1, 0.15) is 31.4 Å². The van der Waals surface area contributed by atoms with Gasteiger partial charge in [0.25, 0.3) is 0 Å². The first-order valence-corrected chi connectivity index (χ1v) is 9.30. The van der Waals surface area contributed by atoms with Crippen LogP contribution in [0.25, 0.3) is 38.4 Å². The number of rotatable bonds is 3. The molecule has 0 aliphatic heterocycles. The number of hydrogen-bond donors (Lipinski definition) is 0. The first-order valence-electron chi connectivity index (χ1n) is 9.30. The SMILES string of the molecule is CCC(C)/C=C\c1c(C)ccc2c1ccc1cc3cc(F)ccc3cc12. The summed E-state index contributed by atoms with van der Waals surface area (Å²) in [5.74, 6) is 0.384. The number of halogens is 1. The Kier molecular flexibility index (Phi) is 4.24. The molecular weight excluding hydrogens is 319 g/mol. The van der Waals surface area contributed by atoms with Gasteiger partial charge in [-0.15, -0.1) is 0 Å². The Labute approximate surface area is 154 Å². The fourth-order valence-corrected chi connectivity index (χ4v) is 3.61. The minimum Gasteiger partial charge on any atom is -0.207 e. The molecular formula is C25H23F. The number of hydrogen-bond acceptors (Lipinski definition) is 0. The topological polar surface area (TPSA) is 0 Å². The molecule has 0 N–H and O–H groups in total. The van der Waals surface area contributed by atoms with Gasteiger partial charge in [-0.05, 0) is 80.6 Å². The van der Waals surface area contributed by atoms with E-state index in [0.717, 1.165) is 22.6 Å². The van der Waals surface area contributed by atoms with Crippen molar-refractivity contribution in [1.29, 1.82) is 0 Å². The van der Waals surface area contributed by atoms with Gasteiger partial charge in [0.2, 0.25) is 0 Å². The quantitative estimate of drug-likeness (QED) is 0.265. The fourth-order valence-electron chi connectivity index (χ4n) is 3.61. The Morgan fingerprint density at radius 3 is 2.42 bits per heavy atom. The molecule has 4 aromatic rings. The van der Waals surface area contributed by atoms with E-state index in [1.54, 1.807) is 6.07 Å². The van der Waals surface area contributed by atoms with Crippen LogP contribution in [0.4, 0.5) is 4.39 Å². The van der Waals surface area contributed by atoms with Gasteiger partial charge < -0.3 is 0 Å². The molecule has 1 atom stereocenters. The van der Waals surface area contributed by atoms with Gasteiger partial charge in [-0.25, -0.2) is 4.39 Å². The van der Waals surface area contributed by atoms with Crippen LogP contribution >= 0.6 is 0 Å². The molecule has 0 saturated carbocycles. The highest BCUT2D eigenvalue weighted by molar-refractivity contribution is 6.13. The third-order valence-electron chi connectivity index (χ3n) is 5.43. The molecule has 130 valence electrons. The smallest absolute Gasteiger partial charge is 0.123 e. The molecule has 1 unspecified atom stereocenters. The summed E-state index contributed by atoms with van der Waals surface area (Å²) in [5, 5.41) is 6.92. The zero-order valence-electron chi connectivity index (χ0n) is 15.5. The Balaban J connectivity index is 2.00. The predicted molar refractivity (Wildman–Crippen MR) is 112 cm³/mol. The van der Waals surface area contributed by atoms with Gasteiger partial charge in [0.05, 0.1) is 0 Å². The lowest BCUT2D eigenvalue weighted by Crippen LogP contribution is -1.89. The fraction of sp³-hybridized carbons (Fsp3) is 0.200. The Bertz CT molecular complexity index is 1150. The second-order valence-electron chi connectivity index (χ2n) is 7.27. The highest BCUT2D eigenvalue weighted by atomic mass is 19.1. The minimum atomic E-state index is -0.189. The third-order valence-corrected chi connectivity index (χ3v) is 5.43. The summed E-state index contributed by atoms with van der Waals surface area (Å²) >= 11 is 0. The molecule has 0 saturated heterocycles. The molecule has 4 rings (SSSR count). The van der Waals surface area contributed by atoms with Gasteiger partial charge in [-0.3, -0.25) is 0 Å². The largest absolute Gasteiger partial charge is 0.207 e. The second kappa shape index (κ2) is 6.57. The molecule has 0 nitrogen and oxygen atoms in total. The average Bonchev–Trinajstić information content (AvgIpc) is 2.65. The lowest BCUT2D eigenvalue weighted by Gasteiger charge is -2.11. The van der Waals surface area contributed by atoms with E-state index in [4.69, 9.17) is 0 Å².